The molecule has 0 saturated carbocycles. The molecule has 0 bridgehead atoms. The molecule has 0 aliphatic rings. The van der Waals surface area contributed by atoms with Gasteiger partial charge in [-0.1, -0.05) is 158 Å². The van der Waals surface area contributed by atoms with Crippen LogP contribution < -0.4 is 4.90 Å². The maximum Gasteiger partial charge on any atom is 0.143 e. The molecular formula is C50H33NO. The molecule has 0 unspecified atom stereocenters. The number of hydrogen-bond donors (Lipinski definition) is 0. The fraction of sp³-hybridized carbons (Fsp3) is 0. The van der Waals surface area contributed by atoms with Crippen molar-refractivity contribution < 1.29 is 4.42 Å². The molecule has 0 atom stereocenters. The van der Waals surface area contributed by atoms with Gasteiger partial charge in [0.25, 0.3) is 0 Å². The summed E-state index contributed by atoms with van der Waals surface area (Å²) >= 11 is 0. The maximum atomic E-state index is 6.96. The third kappa shape index (κ3) is 5.12. The number of fused-ring (bicyclic) bond motifs is 5. The van der Waals surface area contributed by atoms with Crippen molar-refractivity contribution >= 4 is 60.5 Å². The number of anilines is 3. The average Bonchev–Trinajstić information content (AvgIpc) is 3.58. The molecule has 244 valence electrons. The molecule has 0 N–H and O–H groups in total. The van der Waals surface area contributed by atoms with Gasteiger partial charge in [0.15, 0.2) is 0 Å². The maximum absolute atomic E-state index is 6.96. The van der Waals surface area contributed by atoms with E-state index in [1.54, 1.807) is 0 Å². The van der Waals surface area contributed by atoms with Gasteiger partial charge in [-0.25, -0.2) is 0 Å². The van der Waals surface area contributed by atoms with E-state index in [2.05, 4.69) is 205 Å². The summed E-state index contributed by atoms with van der Waals surface area (Å²) in [4.78, 5) is 2.35. The fourth-order valence-electron chi connectivity index (χ4n) is 7.71. The highest BCUT2D eigenvalue weighted by molar-refractivity contribution is 6.18. The summed E-state index contributed by atoms with van der Waals surface area (Å²) in [6, 6.07) is 71.5. The lowest BCUT2D eigenvalue weighted by molar-refractivity contribution is 0.670. The van der Waals surface area contributed by atoms with E-state index >= 15 is 0 Å². The summed E-state index contributed by atoms with van der Waals surface area (Å²) in [6.45, 7) is 0. The van der Waals surface area contributed by atoms with Gasteiger partial charge < -0.3 is 9.32 Å². The Hall–Kier alpha value is -6.90. The molecule has 0 fully saturated rings. The van der Waals surface area contributed by atoms with Gasteiger partial charge in [0, 0.05) is 39.2 Å². The molecule has 10 rings (SSSR count). The van der Waals surface area contributed by atoms with Crippen LogP contribution in [0.15, 0.2) is 205 Å². The quantitative estimate of drug-likeness (QED) is 0.176. The van der Waals surface area contributed by atoms with Crippen LogP contribution in [0.4, 0.5) is 17.1 Å². The zero-order valence-corrected chi connectivity index (χ0v) is 28.4. The molecule has 0 radical (unpaired) electrons. The van der Waals surface area contributed by atoms with Gasteiger partial charge in [-0.15, -0.1) is 0 Å². The largest absolute Gasteiger partial charge is 0.455 e. The van der Waals surface area contributed by atoms with Gasteiger partial charge in [-0.2, -0.15) is 0 Å². The van der Waals surface area contributed by atoms with Gasteiger partial charge in [-0.05, 0) is 80.4 Å². The number of nitrogens with zero attached hydrogens (tertiary/aromatic N) is 1. The second kappa shape index (κ2) is 12.5. The zero-order valence-electron chi connectivity index (χ0n) is 28.4. The Labute approximate surface area is 302 Å². The third-order valence-electron chi connectivity index (χ3n) is 10.2. The molecule has 0 saturated heterocycles. The van der Waals surface area contributed by atoms with E-state index in [0.717, 1.165) is 50.1 Å². The first-order valence-electron chi connectivity index (χ1n) is 17.8. The topological polar surface area (TPSA) is 16.4 Å². The smallest absolute Gasteiger partial charge is 0.143 e. The van der Waals surface area contributed by atoms with Gasteiger partial charge in [0.1, 0.15) is 11.2 Å². The predicted molar refractivity (Wildman–Crippen MR) is 220 cm³/mol. The number of rotatable bonds is 6. The van der Waals surface area contributed by atoms with Gasteiger partial charge in [0.05, 0.1) is 5.69 Å². The first kappa shape index (κ1) is 30.0. The Balaban J connectivity index is 1.16. The van der Waals surface area contributed by atoms with Crippen molar-refractivity contribution in [3.8, 4) is 33.4 Å². The van der Waals surface area contributed by atoms with E-state index in [4.69, 9.17) is 4.42 Å². The zero-order chi connectivity index (χ0) is 34.4. The van der Waals surface area contributed by atoms with Crippen LogP contribution >= 0.6 is 0 Å². The third-order valence-corrected chi connectivity index (χ3v) is 10.2. The molecule has 10 aromatic rings. The van der Waals surface area contributed by atoms with Crippen LogP contribution in [0.1, 0.15) is 0 Å². The predicted octanol–water partition coefficient (Wildman–Crippen LogP) is 14.4. The monoisotopic (exact) mass is 663 g/mol. The number of furan rings is 1. The first-order chi connectivity index (χ1) is 25.8. The minimum Gasteiger partial charge on any atom is -0.455 e. The Kier molecular flexibility index (Phi) is 7.18. The Morgan fingerprint density at radius 1 is 0.327 bits per heavy atom. The summed E-state index contributed by atoms with van der Waals surface area (Å²) in [5.74, 6) is 0. The van der Waals surface area contributed by atoms with E-state index in [1.807, 2.05) is 0 Å². The lowest BCUT2D eigenvalue weighted by atomic mass is 9.94. The van der Waals surface area contributed by atoms with Crippen LogP contribution in [0, 0.1) is 0 Å². The molecule has 1 aromatic heterocycles. The highest BCUT2D eigenvalue weighted by atomic mass is 16.3. The summed E-state index contributed by atoms with van der Waals surface area (Å²) in [5, 5.41) is 6.98. The molecule has 2 heteroatoms. The highest BCUT2D eigenvalue weighted by Gasteiger charge is 2.20. The van der Waals surface area contributed by atoms with Gasteiger partial charge in [-0.3, -0.25) is 0 Å². The Bertz CT molecular complexity index is 2870. The van der Waals surface area contributed by atoms with Crippen molar-refractivity contribution in [2.24, 2.45) is 0 Å². The second-order valence-electron chi connectivity index (χ2n) is 13.3. The highest BCUT2D eigenvalue weighted by Crippen LogP contribution is 2.45. The lowest BCUT2D eigenvalue weighted by Crippen LogP contribution is -2.10. The average molecular weight is 664 g/mol. The van der Waals surface area contributed by atoms with Crippen molar-refractivity contribution in [1.82, 2.24) is 0 Å². The van der Waals surface area contributed by atoms with E-state index in [-0.39, 0.29) is 0 Å². The standard InChI is InChI=1S/C50H33NO/c1-3-12-34(13-4-1)36-22-24-39(25-23-36)49-44-20-10-8-17-40(44)32-46-45-31-30-42(33-48(45)52-50(46)49)51(47-21-11-18-38-16-7-9-19-43(38)47)41-28-26-37(27-29-41)35-14-5-2-6-15-35/h1-33H. The van der Waals surface area contributed by atoms with Gasteiger partial charge >= 0.3 is 0 Å². The molecule has 0 amide bonds. The Morgan fingerprint density at radius 2 is 0.865 bits per heavy atom. The van der Waals surface area contributed by atoms with Crippen LogP contribution in [0.5, 0.6) is 0 Å². The summed E-state index contributed by atoms with van der Waals surface area (Å²) < 4.78 is 6.96. The molecule has 52 heavy (non-hydrogen) atoms. The van der Waals surface area contributed by atoms with Gasteiger partial charge in [0.2, 0.25) is 0 Å². The van der Waals surface area contributed by atoms with E-state index < -0.39 is 0 Å². The van der Waals surface area contributed by atoms with E-state index in [1.165, 1.54) is 43.8 Å². The normalized spacial score (nSPS) is 11.5. The Morgan fingerprint density at radius 3 is 1.58 bits per heavy atom. The van der Waals surface area contributed by atoms with Crippen molar-refractivity contribution in [3.63, 3.8) is 0 Å². The molecule has 2 nitrogen and oxygen atoms in total. The molecule has 0 spiro atoms. The number of benzene rings is 9. The molecular weight excluding hydrogens is 631 g/mol. The second-order valence-corrected chi connectivity index (χ2v) is 13.3. The molecule has 0 aliphatic carbocycles. The first-order valence-corrected chi connectivity index (χ1v) is 17.8. The van der Waals surface area contributed by atoms with Crippen LogP contribution in [0.25, 0.3) is 76.9 Å². The lowest BCUT2D eigenvalue weighted by Gasteiger charge is -2.27. The van der Waals surface area contributed by atoms with Crippen LogP contribution in [-0.2, 0) is 0 Å². The minimum atomic E-state index is 0.858. The van der Waals surface area contributed by atoms with E-state index in [0.29, 0.717) is 0 Å². The molecule has 0 aliphatic heterocycles. The fourth-order valence-corrected chi connectivity index (χ4v) is 7.71. The van der Waals surface area contributed by atoms with Crippen molar-refractivity contribution in [2.45, 2.75) is 0 Å². The van der Waals surface area contributed by atoms with Crippen LogP contribution in [0.2, 0.25) is 0 Å². The summed E-state index contributed by atoms with van der Waals surface area (Å²) in [5.41, 5.74) is 12.0. The molecule has 9 aromatic carbocycles. The SMILES string of the molecule is c1ccc(-c2ccc(-c3c4ccccc4cc4c3oc3cc(N(c5ccc(-c6ccccc6)cc5)c5cccc6ccccc56)ccc34)cc2)cc1. The summed E-state index contributed by atoms with van der Waals surface area (Å²) in [7, 11) is 0. The minimum absolute atomic E-state index is 0.858. The van der Waals surface area contributed by atoms with E-state index in [9.17, 15) is 0 Å². The van der Waals surface area contributed by atoms with Crippen molar-refractivity contribution in [3.05, 3.63) is 200 Å². The number of hydrogen-bond acceptors (Lipinski definition) is 2. The van der Waals surface area contributed by atoms with Crippen LogP contribution in [-0.4, -0.2) is 0 Å². The summed E-state index contributed by atoms with van der Waals surface area (Å²) in [6.07, 6.45) is 0. The van der Waals surface area contributed by atoms with Crippen molar-refractivity contribution in [2.75, 3.05) is 4.90 Å². The molecule has 1 heterocycles. The van der Waals surface area contributed by atoms with Crippen LogP contribution in [0.3, 0.4) is 0 Å². The van der Waals surface area contributed by atoms with Crippen molar-refractivity contribution in [1.29, 1.82) is 0 Å².